The number of benzene rings is 1. The molecule has 1 amide bonds. The van der Waals surface area contributed by atoms with E-state index in [9.17, 15) is 9.59 Å². The Kier molecular flexibility index (Phi) is 4.21. The van der Waals surface area contributed by atoms with Crippen molar-refractivity contribution in [2.75, 3.05) is 5.32 Å². The Bertz CT molecular complexity index is 519. The molecule has 0 aliphatic heterocycles. The highest BCUT2D eigenvalue weighted by atomic mass is 79.9. The Labute approximate surface area is 119 Å². The minimum absolute atomic E-state index is 0.0642. The molecule has 0 aromatic heterocycles. The highest BCUT2D eigenvalue weighted by Crippen LogP contribution is 2.27. The number of carboxylic acids is 1. The molecule has 0 saturated heterocycles. The number of hydrogen-bond donors (Lipinski definition) is 3. The SMILES string of the molecule is NC1CCCC1C(=O)Nc1ccc(Br)cc1C(=O)O. The van der Waals surface area contributed by atoms with Gasteiger partial charge in [0.15, 0.2) is 0 Å². The highest BCUT2D eigenvalue weighted by molar-refractivity contribution is 9.10. The number of halogens is 1. The Morgan fingerprint density at radius 3 is 2.68 bits per heavy atom. The van der Waals surface area contributed by atoms with Crippen molar-refractivity contribution in [3.8, 4) is 0 Å². The first-order valence-electron chi connectivity index (χ1n) is 6.08. The summed E-state index contributed by atoms with van der Waals surface area (Å²) in [6, 6.07) is 4.60. The van der Waals surface area contributed by atoms with Crippen LogP contribution in [0.25, 0.3) is 0 Å². The lowest BCUT2D eigenvalue weighted by atomic mass is 10.0. The molecule has 2 unspecified atom stereocenters. The molecule has 1 aromatic carbocycles. The van der Waals surface area contributed by atoms with Crippen molar-refractivity contribution in [2.45, 2.75) is 25.3 Å². The molecule has 0 radical (unpaired) electrons. The summed E-state index contributed by atoms with van der Waals surface area (Å²) in [7, 11) is 0. The number of amides is 1. The summed E-state index contributed by atoms with van der Waals surface area (Å²) in [5.41, 5.74) is 6.24. The molecule has 19 heavy (non-hydrogen) atoms. The Balaban J connectivity index is 2.19. The zero-order valence-corrected chi connectivity index (χ0v) is 11.8. The number of nitrogens with one attached hydrogen (secondary N) is 1. The summed E-state index contributed by atoms with van der Waals surface area (Å²) in [5.74, 6) is -1.51. The summed E-state index contributed by atoms with van der Waals surface area (Å²) in [5, 5.41) is 11.8. The number of carbonyl (C=O) groups excluding carboxylic acids is 1. The van der Waals surface area contributed by atoms with E-state index < -0.39 is 5.97 Å². The monoisotopic (exact) mass is 326 g/mol. The maximum Gasteiger partial charge on any atom is 0.337 e. The summed E-state index contributed by atoms with van der Waals surface area (Å²) in [6.07, 6.45) is 2.53. The molecular weight excluding hydrogens is 312 g/mol. The summed E-state index contributed by atoms with van der Waals surface area (Å²) < 4.78 is 0.653. The van der Waals surface area contributed by atoms with Crippen LogP contribution in [0.4, 0.5) is 5.69 Å². The second-order valence-electron chi connectivity index (χ2n) is 4.69. The lowest BCUT2D eigenvalue weighted by Gasteiger charge is -2.16. The molecular formula is C13H15BrN2O3. The second kappa shape index (κ2) is 5.71. The van der Waals surface area contributed by atoms with Gasteiger partial charge in [0.05, 0.1) is 17.2 Å². The van der Waals surface area contributed by atoms with Gasteiger partial charge in [-0.15, -0.1) is 0 Å². The number of hydrogen-bond acceptors (Lipinski definition) is 3. The number of aromatic carboxylic acids is 1. The van der Waals surface area contributed by atoms with Crippen LogP contribution in [0, 0.1) is 5.92 Å². The first-order chi connectivity index (χ1) is 8.99. The van der Waals surface area contributed by atoms with E-state index in [-0.39, 0.29) is 23.4 Å². The third-order valence-electron chi connectivity index (χ3n) is 3.38. The first kappa shape index (κ1) is 14.0. The van der Waals surface area contributed by atoms with Crippen LogP contribution in [0.1, 0.15) is 29.6 Å². The van der Waals surface area contributed by atoms with Crippen molar-refractivity contribution in [3.63, 3.8) is 0 Å². The van der Waals surface area contributed by atoms with Crippen LogP contribution >= 0.6 is 15.9 Å². The fraction of sp³-hybridized carbons (Fsp3) is 0.385. The van der Waals surface area contributed by atoms with Gasteiger partial charge in [0.2, 0.25) is 5.91 Å². The van der Waals surface area contributed by atoms with Crippen LogP contribution in [0.2, 0.25) is 0 Å². The molecule has 102 valence electrons. The molecule has 1 aliphatic rings. The third kappa shape index (κ3) is 3.13. The van der Waals surface area contributed by atoms with E-state index >= 15 is 0 Å². The third-order valence-corrected chi connectivity index (χ3v) is 3.87. The van der Waals surface area contributed by atoms with Crippen molar-refractivity contribution in [2.24, 2.45) is 11.7 Å². The predicted octanol–water partition coefficient (Wildman–Crippen LogP) is 2.21. The number of rotatable bonds is 3. The standard InChI is InChI=1S/C13H15BrN2O3/c14-7-4-5-11(9(6-7)13(18)19)16-12(17)8-2-1-3-10(8)15/h4-6,8,10H,1-3,15H2,(H,16,17)(H,18,19). The highest BCUT2D eigenvalue weighted by Gasteiger charge is 2.30. The van der Waals surface area contributed by atoms with Gasteiger partial charge in [0.25, 0.3) is 0 Å². The molecule has 1 saturated carbocycles. The Morgan fingerprint density at radius 2 is 2.11 bits per heavy atom. The summed E-state index contributed by atoms with van der Waals surface area (Å²) >= 11 is 3.21. The first-order valence-corrected chi connectivity index (χ1v) is 6.87. The number of carbonyl (C=O) groups is 2. The van der Waals surface area contributed by atoms with E-state index in [2.05, 4.69) is 21.2 Å². The van der Waals surface area contributed by atoms with Crippen molar-refractivity contribution in [1.82, 2.24) is 0 Å². The van der Waals surface area contributed by atoms with Crippen LogP contribution in [-0.2, 0) is 4.79 Å². The molecule has 2 rings (SSSR count). The molecule has 5 nitrogen and oxygen atoms in total. The fourth-order valence-corrected chi connectivity index (χ4v) is 2.70. The van der Waals surface area contributed by atoms with E-state index in [1.807, 2.05) is 0 Å². The molecule has 0 heterocycles. The van der Waals surface area contributed by atoms with E-state index in [1.54, 1.807) is 12.1 Å². The van der Waals surface area contributed by atoms with Crippen LogP contribution < -0.4 is 11.1 Å². The Hall–Kier alpha value is -1.40. The Morgan fingerprint density at radius 1 is 1.37 bits per heavy atom. The predicted molar refractivity (Wildman–Crippen MR) is 75.0 cm³/mol. The average Bonchev–Trinajstić information content (AvgIpc) is 2.77. The zero-order chi connectivity index (χ0) is 14.0. The van der Waals surface area contributed by atoms with Crippen molar-refractivity contribution in [1.29, 1.82) is 0 Å². The fourth-order valence-electron chi connectivity index (χ4n) is 2.34. The molecule has 1 aromatic rings. The average molecular weight is 327 g/mol. The van der Waals surface area contributed by atoms with E-state index in [4.69, 9.17) is 10.8 Å². The summed E-state index contributed by atoms with van der Waals surface area (Å²) in [6.45, 7) is 0. The molecule has 4 N–H and O–H groups in total. The van der Waals surface area contributed by atoms with Crippen LogP contribution in [0.3, 0.4) is 0 Å². The minimum Gasteiger partial charge on any atom is -0.478 e. The van der Waals surface area contributed by atoms with E-state index in [0.29, 0.717) is 10.2 Å². The smallest absolute Gasteiger partial charge is 0.337 e. The maximum absolute atomic E-state index is 12.1. The zero-order valence-electron chi connectivity index (χ0n) is 10.2. The van der Waals surface area contributed by atoms with Crippen LogP contribution in [-0.4, -0.2) is 23.0 Å². The summed E-state index contributed by atoms with van der Waals surface area (Å²) in [4.78, 5) is 23.2. The van der Waals surface area contributed by atoms with Gasteiger partial charge in [-0.3, -0.25) is 4.79 Å². The minimum atomic E-state index is -1.08. The molecule has 2 atom stereocenters. The van der Waals surface area contributed by atoms with Gasteiger partial charge >= 0.3 is 5.97 Å². The van der Waals surface area contributed by atoms with Gasteiger partial charge in [-0.25, -0.2) is 4.79 Å². The van der Waals surface area contributed by atoms with Gasteiger partial charge in [0.1, 0.15) is 0 Å². The van der Waals surface area contributed by atoms with Gasteiger partial charge in [0, 0.05) is 10.5 Å². The normalized spacial score (nSPS) is 22.2. The molecule has 0 bridgehead atoms. The molecule has 1 aliphatic carbocycles. The van der Waals surface area contributed by atoms with Crippen molar-refractivity contribution >= 4 is 33.5 Å². The van der Waals surface area contributed by atoms with Crippen LogP contribution in [0.15, 0.2) is 22.7 Å². The number of anilines is 1. The van der Waals surface area contributed by atoms with E-state index in [0.717, 1.165) is 19.3 Å². The molecule has 6 heteroatoms. The van der Waals surface area contributed by atoms with Gasteiger partial charge in [-0.1, -0.05) is 22.4 Å². The van der Waals surface area contributed by atoms with Gasteiger partial charge < -0.3 is 16.2 Å². The molecule has 1 fully saturated rings. The number of carboxylic acid groups (broad SMARTS) is 1. The topological polar surface area (TPSA) is 92.4 Å². The second-order valence-corrected chi connectivity index (χ2v) is 5.60. The van der Waals surface area contributed by atoms with E-state index in [1.165, 1.54) is 6.07 Å². The molecule has 0 spiro atoms. The lowest BCUT2D eigenvalue weighted by Crippen LogP contribution is -2.34. The number of nitrogens with two attached hydrogens (primary N) is 1. The quantitative estimate of drug-likeness (QED) is 0.794. The van der Waals surface area contributed by atoms with Crippen molar-refractivity contribution in [3.05, 3.63) is 28.2 Å². The van der Waals surface area contributed by atoms with Crippen LogP contribution in [0.5, 0.6) is 0 Å². The lowest BCUT2D eigenvalue weighted by molar-refractivity contribution is -0.120. The van der Waals surface area contributed by atoms with Gasteiger partial charge in [-0.2, -0.15) is 0 Å². The maximum atomic E-state index is 12.1. The van der Waals surface area contributed by atoms with Gasteiger partial charge in [-0.05, 0) is 31.0 Å². The van der Waals surface area contributed by atoms with Crippen molar-refractivity contribution < 1.29 is 14.7 Å². The largest absolute Gasteiger partial charge is 0.478 e.